The van der Waals surface area contributed by atoms with Crippen LogP contribution in [0.2, 0.25) is 5.15 Å². The van der Waals surface area contributed by atoms with Crippen molar-refractivity contribution >= 4 is 39.5 Å². The Labute approximate surface area is 188 Å². The summed E-state index contributed by atoms with van der Waals surface area (Å²) in [6, 6.07) is 24.4. The Kier molecular flexibility index (Phi) is 5.31. The Bertz CT molecular complexity index is 1420. The molecule has 7 heteroatoms. The zero-order chi connectivity index (χ0) is 22.1. The summed E-state index contributed by atoms with van der Waals surface area (Å²) in [5.74, 6) is -0.573. The molecule has 0 aliphatic heterocycles. The van der Waals surface area contributed by atoms with Crippen molar-refractivity contribution in [3.63, 3.8) is 0 Å². The summed E-state index contributed by atoms with van der Waals surface area (Å²) in [4.78, 5) is 23.8. The summed E-state index contributed by atoms with van der Waals surface area (Å²) in [7, 11) is 0. The fourth-order valence-electron chi connectivity index (χ4n) is 3.72. The third kappa shape index (κ3) is 3.82. The SMILES string of the molecule is O=C(O)c1ccc2c(c1)[nH]c1nc(C(OCc3ccccc3)c3ccccc3)nc(Cl)c12. The number of nitrogens with zero attached hydrogens (tertiary/aromatic N) is 2. The highest BCUT2D eigenvalue weighted by Gasteiger charge is 2.22. The molecule has 2 aromatic heterocycles. The van der Waals surface area contributed by atoms with Crippen LogP contribution in [0.1, 0.15) is 33.4 Å². The molecule has 0 radical (unpaired) electrons. The molecular weight excluding hydrogens is 426 g/mol. The fraction of sp³-hybridized carbons (Fsp3) is 0.0800. The smallest absolute Gasteiger partial charge is 0.335 e. The molecule has 0 bridgehead atoms. The number of carboxylic acid groups (broad SMARTS) is 1. The molecule has 2 heterocycles. The van der Waals surface area contributed by atoms with Gasteiger partial charge in [0, 0.05) is 10.9 Å². The number of rotatable bonds is 6. The van der Waals surface area contributed by atoms with Gasteiger partial charge >= 0.3 is 5.97 Å². The highest BCUT2D eigenvalue weighted by molar-refractivity contribution is 6.36. The van der Waals surface area contributed by atoms with Crippen LogP contribution in [0.5, 0.6) is 0 Å². The zero-order valence-electron chi connectivity index (χ0n) is 16.8. The first-order chi connectivity index (χ1) is 15.6. The number of hydrogen-bond acceptors (Lipinski definition) is 4. The number of aromatic carboxylic acids is 1. The lowest BCUT2D eigenvalue weighted by Gasteiger charge is -2.17. The second kappa shape index (κ2) is 8.42. The number of nitrogens with one attached hydrogen (secondary N) is 1. The standard InChI is InChI=1S/C25H18ClN3O3/c26-22-20-18-12-11-17(25(30)31)13-19(18)27-23(20)29-24(28-22)21(16-9-5-2-6-10-16)32-14-15-7-3-1-4-8-15/h1-13,21H,14H2,(H,30,31)(H,27,28,29). The number of aromatic nitrogens is 3. The van der Waals surface area contributed by atoms with Gasteiger partial charge in [-0.2, -0.15) is 0 Å². The minimum Gasteiger partial charge on any atom is -0.478 e. The van der Waals surface area contributed by atoms with Crippen LogP contribution in [-0.4, -0.2) is 26.0 Å². The molecule has 0 aliphatic rings. The number of carbonyl (C=O) groups is 1. The molecule has 0 fully saturated rings. The van der Waals surface area contributed by atoms with Gasteiger partial charge in [0.05, 0.1) is 17.6 Å². The number of carboxylic acids is 1. The summed E-state index contributed by atoms with van der Waals surface area (Å²) in [6.45, 7) is 0.383. The summed E-state index contributed by atoms with van der Waals surface area (Å²) >= 11 is 6.59. The molecule has 2 N–H and O–H groups in total. The average Bonchev–Trinajstić information content (AvgIpc) is 3.19. The van der Waals surface area contributed by atoms with E-state index in [1.807, 2.05) is 60.7 Å². The lowest BCUT2D eigenvalue weighted by molar-refractivity contribution is 0.0612. The van der Waals surface area contributed by atoms with E-state index in [-0.39, 0.29) is 10.7 Å². The van der Waals surface area contributed by atoms with Gasteiger partial charge < -0.3 is 14.8 Å². The normalized spacial score (nSPS) is 12.3. The minimum absolute atomic E-state index is 0.182. The molecule has 6 nitrogen and oxygen atoms in total. The topological polar surface area (TPSA) is 88.1 Å². The van der Waals surface area contributed by atoms with E-state index < -0.39 is 12.1 Å². The summed E-state index contributed by atoms with van der Waals surface area (Å²) in [5, 5.41) is 11.0. The Morgan fingerprint density at radius 2 is 1.72 bits per heavy atom. The molecule has 5 rings (SSSR count). The number of fused-ring (bicyclic) bond motifs is 3. The molecule has 0 aliphatic carbocycles. The van der Waals surface area contributed by atoms with Gasteiger partial charge in [0.25, 0.3) is 0 Å². The molecule has 1 unspecified atom stereocenters. The van der Waals surface area contributed by atoms with Crippen LogP contribution in [0.25, 0.3) is 21.9 Å². The first kappa shape index (κ1) is 20.2. The van der Waals surface area contributed by atoms with Gasteiger partial charge in [-0.3, -0.25) is 0 Å². The zero-order valence-corrected chi connectivity index (χ0v) is 17.6. The second-order valence-corrected chi connectivity index (χ2v) is 7.73. The lowest BCUT2D eigenvalue weighted by atomic mass is 10.1. The maximum Gasteiger partial charge on any atom is 0.335 e. The van der Waals surface area contributed by atoms with Gasteiger partial charge in [0.15, 0.2) is 5.82 Å². The van der Waals surface area contributed by atoms with Crippen molar-refractivity contribution in [3.8, 4) is 0 Å². The van der Waals surface area contributed by atoms with E-state index in [9.17, 15) is 9.90 Å². The highest BCUT2D eigenvalue weighted by Crippen LogP contribution is 2.33. The first-order valence-corrected chi connectivity index (χ1v) is 10.4. The molecule has 0 amide bonds. The van der Waals surface area contributed by atoms with Crippen LogP contribution < -0.4 is 0 Å². The van der Waals surface area contributed by atoms with Gasteiger partial charge in [-0.25, -0.2) is 14.8 Å². The molecule has 1 atom stereocenters. The van der Waals surface area contributed by atoms with E-state index >= 15 is 0 Å². The average molecular weight is 444 g/mol. The van der Waals surface area contributed by atoms with E-state index in [0.29, 0.717) is 29.0 Å². The van der Waals surface area contributed by atoms with E-state index in [1.54, 1.807) is 12.1 Å². The molecular formula is C25H18ClN3O3. The Hall–Kier alpha value is -3.74. The fourth-order valence-corrected chi connectivity index (χ4v) is 4.00. The number of aromatic amines is 1. The van der Waals surface area contributed by atoms with Crippen molar-refractivity contribution in [1.82, 2.24) is 15.0 Å². The molecule has 0 saturated heterocycles. The molecule has 5 aromatic rings. The van der Waals surface area contributed by atoms with Gasteiger partial charge in [-0.15, -0.1) is 0 Å². The van der Waals surface area contributed by atoms with Crippen molar-refractivity contribution < 1.29 is 14.6 Å². The van der Waals surface area contributed by atoms with E-state index in [1.165, 1.54) is 6.07 Å². The van der Waals surface area contributed by atoms with E-state index in [2.05, 4.69) is 9.97 Å². The number of ether oxygens (including phenoxy) is 1. The van der Waals surface area contributed by atoms with Gasteiger partial charge in [0.1, 0.15) is 16.9 Å². The van der Waals surface area contributed by atoms with Crippen LogP contribution in [0.15, 0.2) is 78.9 Å². The molecule has 0 saturated carbocycles. The lowest BCUT2D eigenvalue weighted by Crippen LogP contribution is -2.11. The Morgan fingerprint density at radius 1 is 1.00 bits per heavy atom. The van der Waals surface area contributed by atoms with Gasteiger partial charge in [0.2, 0.25) is 0 Å². The quantitative estimate of drug-likeness (QED) is 0.325. The van der Waals surface area contributed by atoms with Crippen LogP contribution in [0.3, 0.4) is 0 Å². The minimum atomic E-state index is -0.998. The summed E-state index contributed by atoms with van der Waals surface area (Å²) in [5.41, 5.74) is 3.29. The monoisotopic (exact) mass is 443 g/mol. The molecule has 0 spiro atoms. The molecule has 3 aromatic carbocycles. The Balaban J connectivity index is 1.60. The van der Waals surface area contributed by atoms with Crippen molar-refractivity contribution in [3.05, 3.63) is 107 Å². The van der Waals surface area contributed by atoms with Gasteiger partial charge in [-0.05, 0) is 23.3 Å². The third-order valence-electron chi connectivity index (χ3n) is 5.27. The van der Waals surface area contributed by atoms with Crippen LogP contribution in [0, 0.1) is 0 Å². The van der Waals surface area contributed by atoms with Crippen molar-refractivity contribution in [2.24, 2.45) is 0 Å². The van der Waals surface area contributed by atoms with Crippen molar-refractivity contribution in [1.29, 1.82) is 0 Å². The number of benzene rings is 3. The van der Waals surface area contributed by atoms with Crippen LogP contribution in [-0.2, 0) is 11.3 Å². The molecule has 32 heavy (non-hydrogen) atoms. The van der Waals surface area contributed by atoms with Gasteiger partial charge in [-0.1, -0.05) is 78.3 Å². The van der Waals surface area contributed by atoms with Crippen LogP contribution >= 0.6 is 11.6 Å². The molecule has 158 valence electrons. The van der Waals surface area contributed by atoms with Crippen molar-refractivity contribution in [2.75, 3.05) is 0 Å². The van der Waals surface area contributed by atoms with Crippen LogP contribution in [0.4, 0.5) is 0 Å². The van der Waals surface area contributed by atoms with Crippen molar-refractivity contribution in [2.45, 2.75) is 12.7 Å². The first-order valence-electron chi connectivity index (χ1n) is 10.0. The number of H-pyrrole nitrogens is 1. The Morgan fingerprint density at radius 3 is 2.44 bits per heavy atom. The number of hydrogen-bond donors (Lipinski definition) is 2. The maximum atomic E-state index is 11.3. The largest absolute Gasteiger partial charge is 0.478 e. The van der Waals surface area contributed by atoms with E-state index in [0.717, 1.165) is 16.5 Å². The predicted molar refractivity (Wildman–Crippen MR) is 123 cm³/mol. The summed E-state index contributed by atoms with van der Waals surface area (Å²) in [6.07, 6.45) is -0.528. The van der Waals surface area contributed by atoms with E-state index in [4.69, 9.17) is 21.3 Å². The highest BCUT2D eigenvalue weighted by atomic mass is 35.5. The summed E-state index contributed by atoms with van der Waals surface area (Å²) < 4.78 is 6.25. The predicted octanol–water partition coefficient (Wildman–Crippen LogP) is 5.77. The maximum absolute atomic E-state index is 11.3. The third-order valence-corrected chi connectivity index (χ3v) is 5.54. The number of halogens is 1. The second-order valence-electron chi connectivity index (χ2n) is 7.37.